The topological polar surface area (TPSA) is 79.1 Å². The van der Waals surface area contributed by atoms with Gasteiger partial charge in [0.25, 0.3) is 6.43 Å². The molecule has 0 unspecified atom stereocenters. The van der Waals surface area contributed by atoms with Crippen molar-refractivity contribution in [1.29, 1.82) is 0 Å². The number of aromatic nitrogens is 4. The minimum atomic E-state index is -2.80. The molecule has 3 aromatic rings. The van der Waals surface area contributed by atoms with Crippen molar-refractivity contribution in [3.63, 3.8) is 0 Å². The standard InChI is InChI=1S/C24H27ClF2N4O3/c1-24(2,3)34-20(32)12-14-8-10-15(11-9-14)33-23-29-18(25)13-19(30-23)31-17-7-5-4-6-16(17)28-22(31)21(26)27/h4-7,13-15,21H,8-12H2,1-3H3. The first kappa shape index (κ1) is 24.3. The molecule has 2 heterocycles. The Kier molecular flexibility index (Phi) is 7.02. The lowest BCUT2D eigenvalue weighted by Crippen LogP contribution is -2.29. The minimum absolute atomic E-state index is 0.0242. The highest BCUT2D eigenvalue weighted by molar-refractivity contribution is 6.29. The van der Waals surface area contributed by atoms with E-state index in [1.54, 1.807) is 24.3 Å². The van der Waals surface area contributed by atoms with Crippen molar-refractivity contribution < 1.29 is 23.0 Å². The lowest BCUT2D eigenvalue weighted by Gasteiger charge is -2.29. The van der Waals surface area contributed by atoms with Gasteiger partial charge in [0.2, 0.25) is 0 Å². The summed E-state index contributed by atoms with van der Waals surface area (Å²) in [6.45, 7) is 5.56. The monoisotopic (exact) mass is 492 g/mol. The van der Waals surface area contributed by atoms with Crippen LogP contribution in [0.5, 0.6) is 6.01 Å². The number of para-hydroxylation sites is 2. The van der Waals surface area contributed by atoms with E-state index in [2.05, 4.69) is 15.0 Å². The molecule has 1 aromatic carbocycles. The van der Waals surface area contributed by atoms with Gasteiger partial charge >= 0.3 is 12.0 Å². The summed E-state index contributed by atoms with van der Waals surface area (Å²) in [6, 6.07) is 8.26. The van der Waals surface area contributed by atoms with Crippen LogP contribution in [0.25, 0.3) is 16.9 Å². The van der Waals surface area contributed by atoms with E-state index in [-0.39, 0.29) is 35.0 Å². The van der Waals surface area contributed by atoms with Crippen molar-refractivity contribution in [2.24, 2.45) is 5.92 Å². The maximum absolute atomic E-state index is 13.7. The van der Waals surface area contributed by atoms with Crippen LogP contribution in [-0.4, -0.2) is 37.2 Å². The minimum Gasteiger partial charge on any atom is -0.460 e. The molecule has 0 radical (unpaired) electrons. The quantitative estimate of drug-likeness (QED) is 0.306. The number of carbonyl (C=O) groups is 1. The number of imidazole rings is 1. The fourth-order valence-electron chi connectivity index (χ4n) is 4.21. The first-order chi connectivity index (χ1) is 16.1. The summed E-state index contributed by atoms with van der Waals surface area (Å²) >= 11 is 6.20. The summed E-state index contributed by atoms with van der Waals surface area (Å²) in [5.41, 5.74) is 0.420. The Morgan fingerprint density at radius 1 is 1.15 bits per heavy atom. The molecule has 0 spiro atoms. The first-order valence-corrected chi connectivity index (χ1v) is 11.7. The summed E-state index contributed by atoms with van der Waals surface area (Å²) < 4.78 is 40.1. The number of alkyl halides is 2. The van der Waals surface area contributed by atoms with E-state index >= 15 is 0 Å². The molecule has 2 aromatic heterocycles. The van der Waals surface area contributed by atoms with Crippen molar-refractivity contribution in [3.8, 4) is 11.8 Å². The second-order valence-electron chi connectivity index (χ2n) is 9.48. The van der Waals surface area contributed by atoms with Gasteiger partial charge in [-0.05, 0) is 64.5 Å². The molecule has 0 N–H and O–H groups in total. The van der Waals surface area contributed by atoms with Gasteiger partial charge in [0.15, 0.2) is 5.82 Å². The molecule has 0 bridgehead atoms. The van der Waals surface area contributed by atoms with Gasteiger partial charge in [-0.1, -0.05) is 23.7 Å². The van der Waals surface area contributed by atoms with Gasteiger partial charge in [-0.15, -0.1) is 0 Å². The molecule has 0 atom stereocenters. The Morgan fingerprint density at radius 2 is 1.85 bits per heavy atom. The number of benzene rings is 1. The van der Waals surface area contributed by atoms with Gasteiger partial charge in [0.05, 0.1) is 11.0 Å². The van der Waals surface area contributed by atoms with Crippen molar-refractivity contribution in [3.05, 3.63) is 41.3 Å². The van der Waals surface area contributed by atoms with E-state index in [9.17, 15) is 13.6 Å². The predicted molar refractivity (Wildman–Crippen MR) is 123 cm³/mol. The normalized spacial score (nSPS) is 18.9. The third-order valence-electron chi connectivity index (χ3n) is 5.61. The van der Waals surface area contributed by atoms with Crippen molar-refractivity contribution in [2.45, 2.75) is 71.0 Å². The van der Waals surface area contributed by atoms with Crippen LogP contribution in [0.2, 0.25) is 5.15 Å². The number of hydrogen-bond donors (Lipinski definition) is 0. The zero-order valence-electron chi connectivity index (χ0n) is 19.3. The van der Waals surface area contributed by atoms with Crippen LogP contribution in [0.4, 0.5) is 8.78 Å². The van der Waals surface area contributed by atoms with Crippen molar-refractivity contribution in [1.82, 2.24) is 19.5 Å². The van der Waals surface area contributed by atoms with Crippen molar-refractivity contribution in [2.75, 3.05) is 0 Å². The van der Waals surface area contributed by atoms with Crippen LogP contribution in [0.3, 0.4) is 0 Å². The van der Waals surface area contributed by atoms with Gasteiger partial charge < -0.3 is 9.47 Å². The smallest absolute Gasteiger partial charge is 0.320 e. The van der Waals surface area contributed by atoms with Gasteiger partial charge in [0, 0.05) is 12.5 Å². The molecule has 1 fully saturated rings. The van der Waals surface area contributed by atoms with E-state index < -0.39 is 17.9 Å². The lowest BCUT2D eigenvalue weighted by atomic mass is 9.85. The summed E-state index contributed by atoms with van der Waals surface area (Å²) in [6.07, 6.45) is 0.467. The molecule has 182 valence electrons. The number of halogens is 3. The average Bonchev–Trinajstić information content (AvgIpc) is 3.13. The molecular formula is C24H27ClF2N4O3. The molecule has 4 rings (SSSR count). The molecule has 0 amide bonds. The van der Waals surface area contributed by atoms with E-state index in [0.717, 1.165) is 25.7 Å². The van der Waals surface area contributed by atoms with Gasteiger partial charge in [0.1, 0.15) is 22.7 Å². The molecule has 1 saturated carbocycles. The second kappa shape index (κ2) is 9.82. The highest BCUT2D eigenvalue weighted by atomic mass is 35.5. The molecule has 1 aliphatic rings. The highest BCUT2D eigenvalue weighted by Gasteiger charge is 2.28. The van der Waals surface area contributed by atoms with Crippen LogP contribution in [0.15, 0.2) is 30.3 Å². The Hall–Kier alpha value is -2.81. The van der Waals surface area contributed by atoms with Crippen LogP contribution >= 0.6 is 11.6 Å². The van der Waals surface area contributed by atoms with E-state index in [1.165, 1.54) is 10.6 Å². The number of carbonyl (C=O) groups excluding carboxylic acids is 1. The van der Waals surface area contributed by atoms with Gasteiger partial charge in [-0.3, -0.25) is 9.36 Å². The Balaban J connectivity index is 1.47. The summed E-state index contributed by atoms with van der Waals surface area (Å²) in [7, 11) is 0. The van der Waals surface area contributed by atoms with E-state index in [4.69, 9.17) is 21.1 Å². The fourth-order valence-corrected chi connectivity index (χ4v) is 4.38. The maximum atomic E-state index is 13.7. The van der Waals surface area contributed by atoms with Gasteiger partial charge in [-0.2, -0.15) is 9.97 Å². The fraction of sp³-hybridized carbons (Fsp3) is 0.500. The Labute approximate surface area is 201 Å². The van der Waals surface area contributed by atoms with Crippen molar-refractivity contribution >= 4 is 28.6 Å². The Morgan fingerprint density at radius 3 is 2.53 bits per heavy atom. The largest absolute Gasteiger partial charge is 0.460 e. The lowest BCUT2D eigenvalue weighted by molar-refractivity contribution is -0.156. The molecule has 7 nitrogen and oxygen atoms in total. The summed E-state index contributed by atoms with van der Waals surface area (Å²) in [5.74, 6) is -0.222. The molecule has 0 saturated heterocycles. The predicted octanol–water partition coefficient (Wildman–Crippen LogP) is 6.08. The number of nitrogens with zero attached hydrogens (tertiary/aromatic N) is 4. The van der Waals surface area contributed by atoms with Crippen LogP contribution < -0.4 is 4.74 Å². The third kappa shape index (κ3) is 5.81. The maximum Gasteiger partial charge on any atom is 0.320 e. The first-order valence-electron chi connectivity index (χ1n) is 11.3. The van der Waals surface area contributed by atoms with Gasteiger partial charge in [-0.25, -0.2) is 13.8 Å². The highest BCUT2D eigenvalue weighted by Crippen LogP contribution is 2.32. The van der Waals surface area contributed by atoms with E-state index in [1.807, 2.05) is 20.8 Å². The Bertz CT molecular complexity index is 1170. The SMILES string of the molecule is CC(C)(C)OC(=O)CC1CCC(Oc2nc(Cl)cc(-n3c(C(F)F)nc4ccccc43)n2)CC1. The number of fused-ring (bicyclic) bond motifs is 1. The number of esters is 1. The van der Waals surface area contributed by atoms with Crippen LogP contribution in [0, 0.1) is 5.92 Å². The molecular weight excluding hydrogens is 466 g/mol. The zero-order valence-corrected chi connectivity index (χ0v) is 20.1. The summed E-state index contributed by atoms with van der Waals surface area (Å²) in [5, 5.41) is 0.0802. The average molecular weight is 493 g/mol. The second-order valence-corrected chi connectivity index (χ2v) is 9.86. The number of ether oxygens (including phenoxy) is 2. The number of rotatable bonds is 6. The third-order valence-corrected chi connectivity index (χ3v) is 5.81. The van der Waals surface area contributed by atoms with Crippen LogP contribution in [0.1, 0.15) is 65.1 Å². The molecule has 1 aliphatic carbocycles. The zero-order chi connectivity index (χ0) is 24.5. The summed E-state index contributed by atoms with van der Waals surface area (Å²) in [4.78, 5) is 24.7. The molecule has 0 aliphatic heterocycles. The molecule has 10 heteroatoms. The van der Waals surface area contributed by atoms with E-state index in [0.29, 0.717) is 17.5 Å². The number of hydrogen-bond acceptors (Lipinski definition) is 6. The molecule has 34 heavy (non-hydrogen) atoms. The van der Waals surface area contributed by atoms with Crippen LogP contribution in [-0.2, 0) is 9.53 Å².